The first-order valence-corrected chi connectivity index (χ1v) is 7.98. The van der Waals surface area contributed by atoms with Gasteiger partial charge in [-0.25, -0.2) is 0 Å². The molecule has 2 amide bonds. The van der Waals surface area contributed by atoms with E-state index in [1.807, 2.05) is 0 Å². The molecule has 0 aromatic heterocycles. The number of carbonyl (C=O) groups excluding carboxylic acids is 2. The first-order chi connectivity index (χ1) is 11.6. The summed E-state index contributed by atoms with van der Waals surface area (Å²) < 4.78 is 5.08. The number of rotatable bonds is 4. The summed E-state index contributed by atoms with van der Waals surface area (Å²) in [6, 6.07) is 14.0. The van der Waals surface area contributed by atoms with E-state index in [0.717, 1.165) is 5.69 Å². The Hall–Kier alpha value is -2.53. The summed E-state index contributed by atoms with van der Waals surface area (Å²) in [5.74, 6) is -0.452. The molecule has 3 rings (SSSR count). The van der Waals surface area contributed by atoms with Crippen molar-refractivity contribution in [3.05, 3.63) is 53.6 Å². The summed E-state index contributed by atoms with van der Waals surface area (Å²) in [7, 11) is 1.58. The summed E-state index contributed by atoms with van der Waals surface area (Å²) in [5.41, 5.74) is 1.39. The Morgan fingerprint density at radius 3 is 2.46 bits per heavy atom. The van der Waals surface area contributed by atoms with Crippen molar-refractivity contribution in [1.29, 1.82) is 0 Å². The van der Waals surface area contributed by atoms with Crippen LogP contribution in [0.15, 0.2) is 48.5 Å². The average molecular weight is 345 g/mol. The molecule has 1 fully saturated rings. The molecular weight excluding hydrogens is 328 g/mol. The zero-order valence-corrected chi connectivity index (χ0v) is 13.9. The lowest BCUT2D eigenvalue weighted by molar-refractivity contribution is -0.129. The Labute approximate surface area is 145 Å². The van der Waals surface area contributed by atoms with Crippen LogP contribution in [0.3, 0.4) is 0 Å². The van der Waals surface area contributed by atoms with Gasteiger partial charge in [-0.15, -0.1) is 0 Å². The molecule has 0 bridgehead atoms. The van der Waals surface area contributed by atoms with E-state index in [4.69, 9.17) is 16.3 Å². The number of benzene rings is 2. The van der Waals surface area contributed by atoms with Gasteiger partial charge in [0.25, 0.3) is 0 Å². The van der Waals surface area contributed by atoms with Crippen molar-refractivity contribution in [2.24, 2.45) is 5.92 Å². The zero-order chi connectivity index (χ0) is 17.1. The molecule has 1 aliphatic rings. The van der Waals surface area contributed by atoms with Gasteiger partial charge in [0.2, 0.25) is 11.8 Å². The van der Waals surface area contributed by atoms with Gasteiger partial charge < -0.3 is 15.0 Å². The standard InChI is InChI=1S/C18H17ClN2O3/c1-24-15-8-4-13(5-9-15)20-17(22)16-10-11-21(18(16)23)14-6-2-12(19)3-7-14/h2-9,16H,10-11H2,1H3,(H,20,22). The molecule has 1 unspecified atom stereocenters. The van der Waals surface area contributed by atoms with Crippen LogP contribution >= 0.6 is 11.6 Å². The molecule has 1 N–H and O–H groups in total. The summed E-state index contributed by atoms with van der Waals surface area (Å²) in [5, 5.41) is 3.39. The second-order valence-corrected chi connectivity index (χ2v) is 5.96. The average Bonchev–Trinajstić information content (AvgIpc) is 2.98. The van der Waals surface area contributed by atoms with E-state index in [1.165, 1.54) is 0 Å². The lowest BCUT2D eigenvalue weighted by Crippen LogP contribution is -2.33. The van der Waals surface area contributed by atoms with Crippen LogP contribution in [0.2, 0.25) is 5.02 Å². The number of halogens is 1. The molecule has 124 valence electrons. The maximum absolute atomic E-state index is 12.5. The van der Waals surface area contributed by atoms with Crippen LogP contribution in [0.25, 0.3) is 0 Å². The molecule has 2 aromatic rings. The van der Waals surface area contributed by atoms with Crippen LogP contribution in [0.1, 0.15) is 6.42 Å². The van der Waals surface area contributed by atoms with E-state index in [-0.39, 0.29) is 11.8 Å². The number of hydrogen-bond donors (Lipinski definition) is 1. The Kier molecular flexibility index (Phi) is 4.71. The van der Waals surface area contributed by atoms with Gasteiger partial charge in [-0.2, -0.15) is 0 Å². The van der Waals surface area contributed by atoms with Crippen molar-refractivity contribution in [3.63, 3.8) is 0 Å². The number of nitrogens with zero attached hydrogens (tertiary/aromatic N) is 1. The molecule has 2 aromatic carbocycles. The molecular formula is C18H17ClN2O3. The first kappa shape index (κ1) is 16.3. The van der Waals surface area contributed by atoms with Gasteiger partial charge in [-0.1, -0.05) is 11.6 Å². The fourth-order valence-corrected chi connectivity index (χ4v) is 2.83. The Morgan fingerprint density at radius 2 is 1.83 bits per heavy atom. The van der Waals surface area contributed by atoms with E-state index < -0.39 is 5.92 Å². The number of carbonyl (C=O) groups is 2. The van der Waals surface area contributed by atoms with Crippen LogP contribution in [0.5, 0.6) is 5.75 Å². The van der Waals surface area contributed by atoms with Crippen LogP contribution in [0.4, 0.5) is 11.4 Å². The Balaban J connectivity index is 1.67. The van der Waals surface area contributed by atoms with Crippen LogP contribution in [-0.2, 0) is 9.59 Å². The van der Waals surface area contributed by atoms with Gasteiger partial charge >= 0.3 is 0 Å². The predicted molar refractivity (Wildman–Crippen MR) is 93.5 cm³/mol. The molecule has 0 aliphatic carbocycles. The number of methoxy groups -OCH3 is 1. The third kappa shape index (κ3) is 3.36. The molecule has 0 spiro atoms. The van der Waals surface area contributed by atoms with Crippen molar-refractivity contribution < 1.29 is 14.3 Å². The number of ether oxygens (including phenoxy) is 1. The Morgan fingerprint density at radius 1 is 1.17 bits per heavy atom. The molecule has 1 heterocycles. The smallest absolute Gasteiger partial charge is 0.239 e. The third-order valence-corrected chi connectivity index (χ3v) is 4.27. The van der Waals surface area contributed by atoms with E-state index in [0.29, 0.717) is 29.4 Å². The number of amides is 2. The lowest BCUT2D eigenvalue weighted by Gasteiger charge is -2.17. The summed E-state index contributed by atoms with van der Waals surface area (Å²) in [4.78, 5) is 26.6. The second-order valence-electron chi connectivity index (χ2n) is 5.53. The van der Waals surface area contributed by atoms with E-state index in [9.17, 15) is 9.59 Å². The highest BCUT2D eigenvalue weighted by atomic mass is 35.5. The second kappa shape index (κ2) is 6.93. The van der Waals surface area contributed by atoms with Crippen molar-refractivity contribution in [3.8, 4) is 5.75 Å². The van der Waals surface area contributed by atoms with Gasteiger partial charge in [-0.05, 0) is 55.0 Å². The Bertz CT molecular complexity index is 744. The molecule has 0 radical (unpaired) electrons. The fourth-order valence-electron chi connectivity index (χ4n) is 2.70. The molecule has 6 heteroatoms. The number of nitrogens with one attached hydrogen (secondary N) is 1. The summed E-state index contributed by atoms with van der Waals surface area (Å²) in [6.07, 6.45) is 0.490. The highest BCUT2D eigenvalue weighted by Gasteiger charge is 2.37. The SMILES string of the molecule is COc1ccc(NC(=O)C2CCN(c3ccc(Cl)cc3)C2=O)cc1. The third-order valence-electron chi connectivity index (χ3n) is 4.02. The number of anilines is 2. The maximum atomic E-state index is 12.5. The van der Waals surface area contributed by atoms with Gasteiger partial charge in [0.05, 0.1) is 7.11 Å². The number of hydrogen-bond acceptors (Lipinski definition) is 3. The molecule has 24 heavy (non-hydrogen) atoms. The minimum atomic E-state index is -0.678. The van der Waals surface area contributed by atoms with Crippen molar-refractivity contribution >= 4 is 34.8 Å². The minimum Gasteiger partial charge on any atom is -0.497 e. The van der Waals surface area contributed by atoms with E-state index in [2.05, 4.69) is 5.32 Å². The first-order valence-electron chi connectivity index (χ1n) is 7.60. The van der Waals surface area contributed by atoms with Crippen LogP contribution in [-0.4, -0.2) is 25.5 Å². The quantitative estimate of drug-likeness (QED) is 0.865. The molecule has 1 saturated heterocycles. The van der Waals surface area contributed by atoms with Gasteiger partial charge in [-0.3, -0.25) is 9.59 Å². The predicted octanol–water partition coefficient (Wildman–Crippen LogP) is 3.34. The highest BCUT2D eigenvalue weighted by Crippen LogP contribution is 2.27. The topological polar surface area (TPSA) is 58.6 Å². The molecule has 1 atom stereocenters. The minimum absolute atomic E-state index is 0.191. The normalized spacial score (nSPS) is 17.0. The van der Waals surface area contributed by atoms with Crippen molar-refractivity contribution in [2.75, 3.05) is 23.9 Å². The molecule has 1 aliphatic heterocycles. The van der Waals surface area contributed by atoms with Crippen LogP contribution < -0.4 is 15.0 Å². The van der Waals surface area contributed by atoms with Crippen molar-refractivity contribution in [1.82, 2.24) is 0 Å². The monoisotopic (exact) mass is 344 g/mol. The van der Waals surface area contributed by atoms with Crippen molar-refractivity contribution in [2.45, 2.75) is 6.42 Å². The fraction of sp³-hybridized carbons (Fsp3) is 0.222. The molecule has 0 saturated carbocycles. The van der Waals surface area contributed by atoms with Gasteiger partial charge in [0.1, 0.15) is 11.7 Å². The molecule has 5 nitrogen and oxygen atoms in total. The zero-order valence-electron chi connectivity index (χ0n) is 13.2. The summed E-state index contributed by atoms with van der Waals surface area (Å²) in [6.45, 7) is 0.515. The van der Waals surface area contributed by atoms with E-state index in [1.54, 1.807) is 60.5 Å². The maximum Gasteiger partial charge on any atom is 0.239 e. The lowest BCUT2D eigenvalue weighted by atomic mass is 10.1. The summed E-state index contributed by atoms with van der Waals surface area (Å²) >= 11 is 5.87. The largest absolute Gasteiger partial charge is 0.497 e. The van der Waals surface area contributed by atoms with Crippen LogP contribution in [0, 0.1) is 5.92 Å². The van der Waals surface area contributed by atoms with Gasteiger partial charge in [0.15, 0.2) is 0 Å². The highest BCUT2D eigenvalue weighted by molar-refractivity contribution is 6.30. The van der Waals surface area contributed by atoms with Gasteiger partial charge in [0, 0.05) is 22.9 Å². The van der Waals surface area contributed by atoms with E-state index >= 15 is 0 Å².